The Morgan fingerprint density at radius 2 is 1.78 bits per heavy atom. The van der Waals surface area contributed by atoms with Crippen LogP contribution in [0.15, 0.2) is 42.5 Å². The number of amides is 1. The minimum atomic E-state index is -0.335. The lowest BCUT2D eigenvalue weighted by Gasteiger charge is -2.33. The quantitative estimate of drug-likeness (QED) is 0.944. The second kappa shape index (κ2) is 6.75. The number of halogens is 1. The molecule has 120 valence electrons. The van der Waals surface area contributed by atoms with E-state index in [0.717, 1.165) is 32.0 Å². The molecule has 1 saturated heterocycles. The highest BCUT2D eigenvalue weighted by molar-refractivity contribution is 6.03. The molecule has 2 heterocycles. The van der Waals surface area contributed by atoms with Crippen molar-refractivity contribution in [2.75, 3.05) is 43.4 Å². The summed E-state index contributed by atoms with van der Waals surface area (Å²) in [6.45, 7) is 3.75. The standard InChI is InChI=1S/C17H19FN4O/c1-21-9-11-22(12-10-21)16-4-2-3-15(20-16)17(23)19-14-7-5-13(18)6-8-14/h2-8H,9-12H2,1H3,(H,19,23). The Kier molecular flexibility index (Phi) is 4.52. The van der Waals surface area contributed by atoms with Gasteiger partial charge in [0.15, 0.2) is 0 Å². The van der Waals surface area contributed by atoms with Crippen molar-refractivity contribution in [2.24, 2.45) is 0 Å². The number of hydrogen-bond acceptors (Lipinski definition) is 4. The normalized spacial score (nSPS) is 15.5. The molecule has 1 aliphatic heterocycles. The Morgan fingerprint density at radius 1 is 1.09 bits per heavy atom. The van der Waals surface area contributed by atoms with Crippen LogP contribution in [-0.4, -0.2) is 49.0 Å². The van der Waals surface area contributed by atoms with Crippen LogP contribution in [0.3, 0.4) is 0 Å². The topological polar surface area (TPSA) is 48.5 Å². The molecule has 0 saturated carbocycles. The number of rotatable bonds is 3. The third-order valence-corrected chi connectivity index (χ3v) is 3.90. The van der Waals surface area contributed by atoms with Crippen LogP contribution in [0.5, 0.6) is 0 Å². The SMILES string of the molecule is CN1CCN(c2cccc(C(=O)Nc3ccc(F)cc3)n2)CC1. The maximum atomic E-state index is 12.9. The molecular weight excluding hydrogens is 295 g/mol. The monoisotopic (exact) mass is 314 g/mol. The van der Waals surface area contributed by atoms with E-state index in [9.17, 15) is 9.18 Å². The fourth-order valence-corrected chi connectivity index (χ4v) is 2.49. The van der Waals surface area contributed by atoms with Crippen molar-refractivity contribution in [3.8, 4) is 0 Å². The zero-order chi connectivity index (χ0) is 16.2. The third-order valence-electron chi connectivity index (χ3n) is 3.90. The largest absolute Gasteiger partial charge is 0.354 e. The van der Waals surface area contributed by atoms with Gasteiger partial charge in [-0.05, 0) is 43.4 Å². The van der Waals surface area contributed by atoms with Crippen LogP contribution in [0.4, 0.5) is 15.9 Å². The van der Waals surface area contributed by atoms with Crippen molar-refractivity contribution in [2.45, 2.75) is 0 Å². The number of piperazine rings is 1. The first kappa shape index (κ1) is 15.4. The third kappa shape index (κ3) is 3.84. The van der Waals surface area contributed by atoms with E-state index in [0.29, 0.717) is 11.4 Å². The molecule has 0 bridgehead atoms. The molecule has 5 nitrogen and oxygen atoms in total. The average Bonchev–Trinajstić information content (AvgIpc) is 2.58. The molecule has 1 N–H and O–H groups in total. The molecule has 3 rings (SSSR count). The molecule has 6 heteroatoms. The molecule has 23 heavy (non-hydrogen) atoms. The Labute approximate surface area is 134 Å². The molecule has 1 aliphatic rings. The highest BCUT2D eigenvalue weighted by Crippen LogP contribution is 2.15. The van der Waals surface area contributed by atoms with Crippen molar-refractivity contribution in [3.63, 3.8) is 0 Å². The molecule has 0 aliphatic carbocycles. The average molecular weight is 314 g/mol. The number of nitrogens with zero attached hydrogens (tertiary/aromatic N) is 3. The fourth-order valence-electron chi connectivity index (χ4n) is 2.49. The number of anilines is 2. The van der Waals surface area contributed by atoms with E-state index in [-0.39, 0.29) is 11.7 Å². The Morgan fingerprint density at radius 3 is 2.48 bits per heavy atom. The van der Waals surface area contributed by atoms with Gasteiger partial charge in [0.2, 0.25) is 0 Å². The number of carbonyl (C=O) groups excluding carboxylic acids is 1. The number of benzene rings is 1. The zero-order valence-corrected chi connectivity index (χ0v) is 13.0. The van der Waals surface area contributed by atoms with Gasteiger partial charge in [0.25, 0.3) is 5.91 Å². The highest BCUT2D eigenvalue weighted by Gasteiger charge is 2.16. The Bertz CT molecular complexity index is 681. The predicted molar refractivity (Wildman–Crippen MR) is 88.3 cm³/mol. The van der Waals surface area contributed by atoms with Crippen LogP contribution in [0.2, 0.25) is 0 Å². The van der Waals surface area contributed by atoms with Crippen LogP contribution in [0.25, 0.3) is 0 Å². The summed E-state index contributed by atoms with van der Waals surface area (Å²) < 4.78 is 12.9. The minimum Gasteiger partial charge on any atom is -0.354 e. The minimum absolute atomic E-state index is 0.299. The number of pyridine rings is 1. The highest BCUT2D eigenvalue weighted by atomic mass is 19.1. The number of hydrogen-bond donors (Lipinski definition) is 1. The van der Waals surface area contributed by atoms with Gasteiger partial charge >= 0.3 is 0 Å². The first-order valence-electron chi connectivity index (χ1n) is 7.59. The van der Waals surface area contributed by atoms with Crippen LogP contribution >= 0.6 is 0 Å². The molecule has 1 aromatic heterocycles. The van der Waals surface area contributed by atoms with Crippen LogP contribution in [0.1, 0.15) is 10.5 Å². The van der Waals surface area contributed by atoms with E-state index in [2.05, 4.69) is 27.1 Å². The summed E-state index contributed by atoms with van der Waals surface area (Å²) in [6.07, 6.45) is 0. The van der Waals surface area contributed by atoms with Crippen LogP contribution < -0.4 is 10.2 Å². The lowest BCUT2D eigenvalue weighted by atomic mass is 10.2. The van der Waals surface area contributed by atoms with Gasteiger partial charge in [-0.3, -0.25) is 4.79 Å². The van der Waals surface area contributed by atoms with Crippen molar-refractivity contribution in [3.05, 3.63) is 54.0 Å². The van der Waals surface area contributed by atoms with Crippen LogP contribution in [-0.2, 0) is 0 Å². The zero-order valence-electron chi connectivity index (χ0n) is 13.0. The van der Waals surface area contributed by atoms with Crippen molar-refractivity contribution in [1.82, 2.24) is 9.88 Å². The second-order valence-corrected chi connectivity index (χ2v) is 5.63. The Hall–Kier alpha value is -2.47. The van der Waals surface area contributed by atoms with Gasteiger partial charge in [-0.25, -0.2) is 9.37 Å². The first-order valence-corrected chi connectivity index (χ1v) is 7.59. The molecule has 0 spiro atoms. The van der Waals surface area contributed by atoms with Gasteiger partial charge in [-0.2, -0.15) is 0 Å². The smallest absolute Gasteiger partial charge is 0.274 e. The second-order valence-electron chi connectivity index (χ2n) is 5.63. The summed E-state index contributed by atoms with van der Waals surface area (Å²) in [7, 11) is 2.09. The van der Waals surface area contributed by atoms with E-state index in [4.69, 9.17) is 0 Å². The van der Waals surface area contributed by atoms with E-state index >= 15 is 0 Å². The van der Waals surface area contributed by atoms with Gasteiger partial charge in [-0.1, -0.05) is 6.07 Å². The number of aromatic nitrogens is 1. The van der Waals surface area contributed by atoms with E-state index < -0.39 is 0 Å². The number of carbonyl (C=O) groups is 1. The molecule has 0 unspecified atom stereocenters. The summed E-state index contributed by atoms with van der Waals surface area (Å²) in [5.74, 6) is 0.177. The molecule has 1 fully saturated rings. The molecule has 2 aromatic rings. The van der Waals surface area contributed by atoms with Gasteiger partial charge in [-0.15, -0.1) is 0 Å². The fraction of sp³-hybridized carbons (Fsp3) is 0.294. The summed E-state index contributed by atoms with van der Waals surface area (Å²) in [5.41, 5.74) is 0.897. The molecule has 1 amide bonds. The van der Waals surface area contributed by atoms with E-state index in [1.54, 1.807) is 6.07 Å². The van der Waals surface area contributed by atoms with Gasteiger partial charge in [0.1, 0.15) is 17.3 Å². The summed E-state index contributed by atoms with van der Waals surface area (Å²) in [6, 6.07) is 11.1. The van der Waals surface area contributed by atoms with E-state index in [1.165, 1.54) is 24.3 Å². The lowest BCUT2D eigenvalue weighted by molar-refractivity contribution is 0.102. The Balaban J connectivity index is 1.71. The van der Waals surface area contributed by atoms with Gasteiger partial charge in [0.05, 0.1) is 0 Å². The molecule has 0 radical (unpaired) electrons. The maximum absolute atomic E-state index is 12.9. The van der Waals surface area contributed by atoms with Crippen molar-refractivity contribution >= 4 is 17.4 Å². The molecule has 0 atom stereocenters. The predicted octanol–water partition coefficient (Wildman–Crippen LogP) is 2.22. The van der Waals surface area contributed by atoms with Crippen LogP contribution in [0, 0.1) is 5.82 Å². The first-order chi connectivity index (χ1) is 11.1. The number of nitrogens with one attached hydrogen (secondary N) is 1. The molecule has 1 aromatic carbocycles. The summed E-state index contributed by atoms with van der Waals surface area (Å²) in [5, 5.41) is 2.73. The van der Waals surface area contributed by atoms with Gasteiger partial charge in [0, 0.05) is 31.9 Å². The lowest BCUT2D eigenvalue weighted by Crippen LogP contribution is -2.44. The summed E-state index contributed by atoms with van der Waals surface area (Å²) >= 11 is 0. The number of likely N-dealkylation sites (N-methyl/N-ethyl adjacent to an activating group) is 1. The van der Waals surface area contributed by atoms with Gasteiger partial charge < -0.3 is 15.1 Å². The van der Waals surface area contributed by atoms with Crippen molar-refractivity contribution in [1.29, 1.82) is 0 Å². The molecular formula is C17H19FN4O. The van der Waals surface area contributed by atoms with E-state index in [1.807, 2.05) is 12.1 Å². The van der Waals surface area contributed by atoms with Crippen molar-refractivity contribution < 1.29 is 9.18 Å². The summed E-state index contributed by atoms with van der Waals surface area (Å²) in [4.78, 5) is 21.2. The maximum Gasteiger partial charge on any atom is 0.274 e.